The lowest BCUT2D eigenvalue weighted by molar-refractivity contribution is 0.208. The first-order valence-corrected chi connectivity index (χ1v) is 6.07. The molecule has 0 aromatic rings. The summed E-state index contributed by atoms with van der Waals surface area (Å²) < 4.78 is 5.38. The van der Waals surface area contributed by atoms with Crippen LogP contribution in [0.25, 0.3) is 0 Å². The van der Waals surface area contributed by atoms with Gasteiger partial charge in [0.15, 0.2) is 0 Å². The monoisotopic (exact) mass is 265 g/mol. The summed E-state index contributed by atoms with van der Waals surface area (Å²) in [6.45, 7) is 2.45. The molecule has 0 radical (unpaired) electrons. The van der Waals surface area contributed by atoms with Crippen LogP contribution < -0.4 is 0 Å². The minimum absolute atomic E-state index is 0.0294. The summed E-state index contributed by atoms with van der Waals surface area (Å²) in [6, 6.07) is 0. The Bertz CT molecular complexity index is 304. The fourth-order valence-corrected chi connectivity index (χ4v) is 2.62. The van der Waals surface area contributed by atoms with Crippen molar-refractivity contribution < 1.29 is 4.74 Å². The summed E-state index contributed by atoms with van der Waals surface area (Å²) >= 11 is 16.9. The molecule has 2 nitrogen and oxygen atoms in total. The molecule has 2 atom stereocenters. The van der Waals surface area contributed by atoms with Crippen LogP contribution in [-0.4, -0.2) is 23.1 Å². The average molecular weight is 266 g/mol. The highest BCUT2D eigenvalue weighted by Gasteiger charge is 2.30. The van der Waals surface area contributed by atoms with Crippen molar-refractivity contribution in [3.8, 4) is 0 Å². The van der Waals surface area contributed by atoms with Crippen LogP contribution in [0.5, 0.6) is 0 Å². The molecule has 0 aliphatic heterocycles. The van der Waals surface area contributed by atoms with Crippen LogP contribution in [0.2, 0.25) is 0 Å². The molecule has 1 N–H and O–H groups in total. The highest BCUT2D eigenvalue weighted by atomic mass is 35.5. The van der Waals surface area contributed by atoms with E-state index in [1.54, 1.807) is 0 Å². The van der Waals surface area contributed by atoms with Gasteiger partial charge in [-0.3, -0.25) is 0 Å². The molecule has 1 rings (SSSR count). The Hall–Kier alpha value is -0.120. The van der Waals surface area contributed by atoms with E-state index in [2.05, 4.69) is 0 Å². The Balaban J connectivity index is 2.79. The molecule has 1 aliphatic rings. The van der Waals surface area contributed by atoms with Gasteiger partial charge in [-0.2, -0.15) is 0 Å². The summed E-state index contributed by atoms with van der Waals surface area (Å²) in [7, 11) is 0. The average Bonchev–Trinajstić information content (AvgIpc) is 2.22. The first-order chi connectivity index (χ1) is 7.10. The number of ether oxygens (including phenoxy) is 1. The van der Waals surface area contributed by atoms with Crippen molar-refractivity contribution in [1.82, 2.24) is 0 Å². The van der Waals surface area contributed by atoms with Gasteiger partial charge in [0.2, 0.25) is 0 Å². The Morgan fingerprint density at radius 1 is 1.73 bits per heavy atom. The van der Waals surface area contributed by atoms with Gasteiger partial charge >= 0.3 is 0 Å². The van der Waals surface area contributed by atoms with Crippen molar-refractivity contribution in [1.29, 1.82) is 5.41 Å². The van der Waals surface area contributed by atoms with E-state index in [1.807, 2.05) is 6.92 Å². The number of thiocarbonyl (C=S) groups is 1. The molecule has 0 bridgehead atoms. The second-order valence-corrected chi connectivity index (χ2v) is 4.60. The zero-order valence-electron chi connectivity index (χ0n) is 8.43. The maximum absolute atomic E-state index is 7.64. The van der Waals surface area contributed by atoms with Crippen LogP contribution in [-0.2, 0) is 4.74 Å². The van der Waals surface area contributed by atoms with Gasteiger partial charge in [-0.05, 0) is 19.8 Å². The summed E-state index contributed by atoms with van der Waals surface area (Å²) in [5, 5.41) is 9.39. The number of hydrogen-bond acceptors (Lipinski definition) is 3. The van der Waals surface area contributed by atoms with Gasteiger partial charge in [0.1, 0.15) is 5.76 Å². The Morgan fingerprint density at radius 2 is 2.40 bits per heavy atom. The maximum Gasteiger partial charge on any atom is 0.128 e. The molecule has 0 amide bonds. The van der Waals surface area contributed by atoms with E-state index in [4.69, 9.17) is 45.6 Å². The van der Waals surface area contributed by atoms with E-state index in [1.165, 1.54) is 5.37 Å². The van der Waals surface area contributed by atoms with E-state index in [0.29, 0.717) is 36.0 Å². The number of allylic oxidation sites excluding steroid dienone is 2. The fraction of sp³-hybridized carbons (Fsp3) is 0.600. The van der Waals surface area contributed by atoms with E-state index in [-0.39, 0.29) is 11.3 Å². The summed E-state index contributed by atoms with van der Waals surface area (Å²) in [6.07, 6.45) is 1.27. The predicted molar refractivity (Wildman–Crippen MR) is 68.3 cm³/mol. The van der Waals surface area contributed by atoms with Crippen molar-refractivity contribution in [3.05, 3.63) is 10.8 Å². The first-order valence-electron chi connectivity index (χ1n) is 4.79. The molecule has 0 aromatic carbocycles. The Kier molecular flexibility index (Phi) is 5.03. The fourth-order valence-electron chi connectivity index (χ4n) is 1.58. The Morgan fingerprint density at radius 3 is 2.87 bits per heavy atom. The molecule has 1 aliphatic carbocycles. The van der Waals surface area contributed by atoms with Gasteiger partial charge in [-0.15, -0.1) is 11.6 Å². The van der Waals surface area contributed by atoms with Crippen LogP contribution in [0.1, 0.15) is 19.8 Å². The minimum atomic E-state index is -0.244. The van der Waals surface area contributed by atoms with Gasteiger partial charge in [-0.25, -0.2) is 0 Å². The molecule has 2 unspecified atom stereocenters. The molecule has 0 fully saturated rings. The summed E-state index contributed by atoms with van der Waals surface area (Å²) in [4.78, 5) is 0. The molecular weight excluding hydrogens is 253 g/mol. The maximum atomic E-state index is 7.64. The normalized spacial score (nSPS) is 26.3. The molecule has 84 valence electrons. The summed E-state index contributed by atoms with van der Waals surface area (Å²) in [5.41, 5.74) is 0.421. The molecule has 5 heteroatoms. The van der Waals surface area contributed by atoms with Crippen LogP contribution in [0.4, 0.5) is 0 Å². The lowest BCUT2D eigenvalue weighted by Gasteiger charge is -2.27. The van der Waals surface area contributed by atoms with Crippen molar-refractivity contribution in [2.45, 2.75) is 25.1 Å². The van der Waals surface area contributed by atoms with Crippen molar-refractivity contribution in [2.24, 2.45) is 5.92 Å². The van der Waals surface area contributed by atoms with E-state index in [9.17, 15) is 0 Å². The lowest BCUT2D eigenvalue weighted by Crippen LogP contribution is -2.25. The number of alkyl halides is 1. The second kappa shape index (κ2) is 5.83. The number of halogens is 2. The van der Waals surface area contributed by atoms with Crippen LogP contribution >= 0.6 is 35.4 Å². The second-order valence-electron chi connectivity index (χ2n) is 3.38. The molecule has 0 saturated carbocycles. The van der Waals surface area contributed by atoms with Crippen molar-refractivity contribution in [2.75, 3.05) is 6.61 Å². The number of nitrogens with one attached hydrogen (secondary N) is 1. The standard InChI is InChI=1S/C10H13Cl2NOS/c1-2-14-10-7(11)3-6(4-8(10)12)9(13)5-15/h5-7,13H,2-4H2,1H3. The first kappa shape index (κ1) is 12.9. The molecule has 0 heterocycles. The minimum Gasteiger partial charge on any atom is -0.495 e. The topological polar surface area (TPSA) is 33.1 Å². The SMILES string of the molecule is CCOC1=C(Cl)CC(C(=N)C=S)CC1Cl. The Labute approximate surface area is 105 Å². The summed E-state index contributed by atoms with van der Waals surface area (Å²) in [5.74, 6) is 0.691. The number of rotatable bonds is 4. The van der Waals surface area contributed by atoms with E-state index < -0.39 is 0 Å². The third-order valence-electron chi connectivity index (χ3n) is 2.34. The number of hydrogen-bond donors (Lipinski definition) is 1. The van der Waals surface area contributed by atoms with Gasteiger partial charge < -0.3 is 10.1 Å². The smallest absolute Gasteiger partial charge is 0.128 e. The van der Waals surface area contributed by atoms with Crippen LogP contribution in [0.15, 0.2) is 10.8 Å². The zero-order valence-corrected chi connectivity index (χ0v) is 10.8. The highest BCUT2D eigenvalue weighted by molar-refractivity contribution is 7.80. The third-order valence-corrected chi connectivity index (χ3v) is 3.31. The van der Waals surface area contributed by atoms with Crippen molar-refractivity contribution in [3.63, 3.8) is 0 Å². The zero-order chi connectivity index (χ0) is 11.4. The molecular formula is C10H13Cl2NOS. The quantitative estimate of drug-likeness (QED) is 0.480. The van der Waals surface area contributed by atoms with Gasteiger partial charge in [0.25, 0.3) is 0 Å². The van der Waals surface area contributed by atoms with Crippen molar-refractivity contribution >= 4 is 46.5 Å². The van der Waals surface area contributed by atoms with Gasteiger partial charge in [-0.1, -0.05) is 23.8 Å². The molecule has 15 heavy (non-hydrogen) atoms. The largest absolute Gasteiger partial charge is 0.495 e. The lowest BCUT2D eigenvalue weighted by atomic mass is 9.89. The molecule has 0 saturated heterocycles. The molecule has 0 aromatic heterocycles. The van der Waals surface area contributed by atoms with Gasteiger partial charge in [0.05, 0.1) is 17.0 Å². The molecule has 0 spiro atoms. The van der Waals surface area contributed by atoms with Crippen LogP contribution in [0, 0.1) is 11.3 Å². The van der Waals surface area contributed by atoms with E-state index >= 15 is 0 Å². The highest BCUT2D eigenvalue weighted by Crippen LogP contribution is 2.35. The third kappa shape index (κ3) is 3.16. The van der Waals surface area contributed by atoms with Gasteiger partial charge in [0, 0.05) is 17.0 Å². The predicted octanol–water partition coefficient (Wildman–Crippen LogP) is 3.51. The van der Waals surface area contributed by atoms with E-state index in [0.717, 1.165) is 0 Å². The van der Waals surface area contributed by atoms with Crippen LogP contribution in [0.3, 0.4) is 0 Å².